The lowest BCUT2D eigenvalue weighted by Gasteiger charge is -2.37. The van der Waals surface area contributed by atoms with Crippen LogP contribution in [0.4, 0.5) is 0 Å². The van der Waals surface area contributed by atoms with E-state index in [1.807, 2.05) is 0 Å². The molecular weight excluding hydrogens is 313 g/mol. The van der Waals surface area contributed by atoms with Gasteiger partial charge in [0.25, 0.3) is 0 Å². The molecule has 0 aliphatic heterocycles. The molecule has 0 aromatic rings. The van der Waals surface area contributed by atoms with Crippen LogP contribution in [0.2, 0.25) is 0 Å². The molecule has 122 valence electrons. The fraction of sp³-hybridized carbons (Fsp3) is 0.933. The summed E-state index contributed by atoms with van der Waals surface area (Å²) < 4.78 is 6.19. The Morgan fingerprint density at radius 2 is 1.86 bits per heavy atom. The van der Waals surface area contributed by atoms with Gasteiger partial charge in [-0.25, -0.2) is 0 Å². The van der Waals surface area contributed by atoms with Crippen LogP contribution in [0.1, 0.15) is 51.4 Å². The van der Waals surface area contributed by atoms with E-state index in [1.54, 1.807) is 0 Å². The van der Waals surface area contributed by atoms with E-state index in [0.29, 0.717) is 0 Å². The smallest absolute Gasteiger partial charge is 0.304 e. The van der Waals surface area contributed by atoms with E-state index in [0.717, 1.165) is 44.9 Å². The average molecular weight is 338 g/mol. The molecule has 0 bridgehead atoms. The van der Waals surface area contributed by atoms with Gasteiger partial charge in [-0.2, -0.15) is 0 Å². The van der Waals surface area contributed by atoms with Crippen LogP contribution in [-0.4, -0.2) is 40.1 Å². The van der Waals surface area contributed by atoms with Gasteiger partial charge in [0, 0.05) is 6.04 Å². The van der Waals surface area contributed by atoms with Gasteiger partial charge in [0.1, 0.15) is 0 Å². The molecule has 2 aliphatic carbocycles. The second-order valence-electron chi connectivity index (χ2n) is 6.41. The molecule has 0 aromatic heterocycles. The van der Waals surface area contributed by atoms with Crippen molar-refractivity contribution >= 4 is 29.2 Å². The molecule has 0 spiro atoms. The number of ether oxygens (including phenoxy) is 1. The Bertz CT molecular complexity index is 356. The number of rotatable bonds is 5. The van der Waals surface area contributed by atoms with Gasteiger partial charge in [0.2, 0.25) is 0 Å². The molecular formula is C15H25Cl2NO3. The number of carbonyl (C=O) groups is 1. The molecule has 6 atom stereocenters. The number of carboxylic acid groups (broad SMARTS) is 1. The quantitative estimate of drug-likeness (QED) is 0.756. The van der Waals surface area contributed by atoms with Gasteiger partial charge in [-0.15, -0.1) is 23.2 Å². The second kappa shape index (κ2) is 8.00. The molecule has 2 saturated carbocycles. The predicted molar refractivity (Wildman–Crippen MR) is 84.0 cm³/mol. The molecule has 0 heterocycles. The molecule has 2 aliphatic rings. The summed E-state index contributed by atoms with van der Waals surface area (Å²) >= 11 is 12.3. The summed E-state index contributed by atoms with van der Waals surface area (Å²) in [7, 11) is 0. The molecule has 0 saturated heterocycles. The summed E-state index contributed by atoms with van der Waals surface area (Å²) in [5, 5.41) is 8.89. The fourth-order valence-electron chi connectivity index (χ4n) is 3.50. The normalized spacial score (nSPS) is 38.9. The van der Waals surface area contributed by atoms with Crippen LogP contribution in [0.5, 0.6) is 0 Å². The first-order chi connectivity index (χ1) is 9.95. The Morgan fingerprint density at radius 1 is 1.14 bits per heavy atom. The number of alkyl halides is 2. The topological polar surface area (TPSA) is 72.6 Å². The Kier molecular flexibility index (Phi) is 6.60. The van der Waals surface area contributed by atoms with Crippen LogP contribution in [0, 0.1) is 5.92 Å². The summed E-state index contributed by atoms with van der Waals surface area (Å²) in [5.74, 6) is -0.577. The highest BCUT2D eigenvalue weighted by atomic mass is 35.5. The van der Waals surface area contributed by atoms with Crippen LogP contribution in [0.25, 0.3) is 0 Å². The van der Waals surface area contributed by atoms with Crippen molar-refractivity contribution in [3.63, 3.8) is 0 Å². The van der Waals surface area contributed by atoms with Crippen LogP contribution in [0.3, 0.4) is 0 Å². The Labute approximate surface area is 136 Å². The predicted octanol–water partition coefficient (Wildman–Crippen LogP) is 3.13. The zero-order chi connectivity index (χ0) is 15.4. The summed E-state index contributed by atoms with van der Waals surface area (Å²) in [6.45, 7) is 0. The first-order valence-electron chi connectivity index (χ1n) is 7.86. The third-order valence-electron chi connectivity index (χ3n) is 4.71. The monoisotopic (exact) mass is 337 g/mol. The van der Waals surface area contributed by atoms with E-state index in [-0.39, 0.29) is 41.3 Å². The summed E-state index contributed by atoms with van der Waals surface area (Å²) in [6.07, 6.45) is 7.02. The highest BCUT2D eigenvalue weighted by Crippen LogP contribution is 2.34. The van der Waals surface area contributed by atoms with Crippen LogP contribution in [-0.2, 0) is 9.53 Å². The van der Waals surface area contributed by atoms with Crippen LogP contribution in [0.15, 0.2) is 0 Å². The molecule has 0 aromatic carbocycles. The Balaban J connectivity index is 1.80. The van der Waals surface area contributed by atoms with Crippen LogP contribution < -0.4 is 5.73 Å². The highest BCUT2D eigenvalue weighted by Gasteiger charge is 2.33. The summed E-state index contributed by atoms with van der Waals surface area (Å²) in [5.41, 5.74) is 6.01. The third kappa shape index (κ3) is 5.27. The lowest BCUT2D eigenvalue weighted by atomic mass is 9.81. The highest BCUT2D eigenvalue weighted by molar-refractivity contribution is 6.30. The van der Waals surface area contributed by atoms with Gasteiger partial charge in [-0.1, -0.05) is 6.42 Å². The van der Waals surface area contributed by atoms with E-state index < -0.39 is 5.97 Å². The number of hydrogen-bond donors (Lipinski definition) is 2. The number of halogens is 2. The molecule has 0 radical (unpaired) electrons. The number of aliphatic carboxylic acids is 1. The maximum atomic E-state index is 10.8. The van der Waals surface area contributed by atoms with Crippen molar-refractivity contribution in [1.82, 2.24) is 0 Å². The molecule has 6 unspecified atom stereocenters. The SMILES string of the molecule is NC(CC(=O)O)C1CCCC(OC2CCC(Cl)C(Cl)C2)C1. The molecule has 6 heteroatoms. The van der Waals surface area contributed by atoms with Gasteiger partial charge >= 0.3 is 5.97 Å². The van der Waals surface area contributed by atoms with Crippen molar-refractivity contribution in [3.05, 3.63) is 0 Å². The summed E-state index contributed by atoms with van der Waals surface area (Å²) in [4.78, 5) is 10.8. The van der Waals surface area contributed by atoms with Gasteiger partial charge in [0.05, 0.1) is 29.4 Å². The van der Waals surface area contributed by atoms with Crippen LogP contribution >= 0.6 is 23.2 Å². The first-order valence-corrected chi connectivity index (χ1v) is 8.74. The maximum Gasteiger partial charge on any atom is 0.304 e. The van der Waals surface area contributed by atoms with Gasteiger partial charge in [-0.05, 0) is 44.4 Å². The first kappa shape index (κ1) is 17.3. The second-order valence-corrected chi connectivity index (χ2v) is 7.53. The maximum absolute atomic E-state index is 10.8. The molecule has 0 amide bonds. The van der Waals surface area contributed by atoms with Crippen molar-refractivity contribution in [2.24, 2.45) is 11.7 Å². The van der Waals surface area contributed by atoms with E-state index in [9.17, 15) is 4.79 Å². The van der Waals surface area contributed by atoms with Gasteiger partial charge in [0.15, 0.2) is 0 Å². The molecule has 21 heavy (non-hydrogen) atoms. The largest absolute Gasteiger partial charge is 0.481 e. The van der Waals surface area contributed by atoms with E-state index in [1.165, 1.54) is 0 Å². The third-order valence-corrected chi connectivity index (χ3v) is 5.85. The number of hydrogen-bond acceptors (Lipinski definition) is 3. The summed E-state index contributed by atoms with van der Waals surface area (Å²) in [6, 6.07) is -0.270. The number of carboxylic acids is 1. The fourth-order valence-corrected chi connectivity index (χ4v) is 4.05. The van der Waals surface area contributed by atoms with Gasteiger partial charge in [-0.3, -0.25) is 4.79 Å². The minimum atomic E-state index is -0.823. The molecule has 3 N–H and O–H groups in total. The Morgan fingerprint density at radius 3 is 2.52 bits per heavy atom. The van der Waals surface area contributed by atoms with Crippen molar-refractivity contribution in [2.75, 3.05) is 0 Å². The average Bonchev–Trinajstić information content (AvgIpc) is 2.42. The standard InChI is InChI=1S/C15H25Cl2NO3/c16-12-5-4-11(7-13(12)17)21-10-3-1-2-9(6-10)14(18)8-15(19)20/h9-14H,1-8,18H2,(H,19,20). The molecule has 2 rings (SSSR count). The van der Waals surface area contributed by atoms with E-state index in [4.69, 9.17) is 38.8 Å². The Hall–Kier alpha value is -0.0300. The zero-order valence-corrected chi connectivity index (χ0v) is 13.7. The number of nitrogens with two attached hydrogens (primary N) is 1. The van der Waals surface area contributed by atoms with Crippen molar-refractivity contribution in [1.29, 1.82) is 0 Å². The van der Waals surface area contributed by atoms with Crippen molar-refractivity contribution in [2.45, 2.75) is 80.4 Å². The lowest BCUT2D eigenvalue weighted by Crippen LogP contribution is -2.40. The van der Waals surface area contributed by atoms with E-state index in [2.05, 4.69) is 0 Å². The minimum absolute atomic E-state index is 0.0147. The van der Waals surface area contributed by atoms with Gasteiger partial charge < -0.3 is 15.6 Å². The van der Waals surface area contributed by atoms with Crippen molar-refractivity contribution < 1.29 is 14.6 Å². The molecule has 4 nitrogen and oxygen atoms in total. The van der Waals surface area contributed by atoms with Crippen molar-refractivity contribution in [3.8, 4) is 0 Å². The minimum Gasteiger partial charge on any atom is -0.481 e. The van der Waals surface area contributed by atoms with E-state index >= 15 is 0 Å². The zero-order valence-electron chi connectivity index (χ0n) is 12.2. The lowest BCUT2D eigenvalue weighted by molar-refractivity contribution is -0.138. The molecule has 2 fully saturated rings.